The summed E-state index contributed by atoms with van der Waals surface area (Å²) in [6, 6.07) is 2.13. The van der Waals surface area contributed by atoms with Gasteiger partial charge in [-0.05, 0) is 18.3 Å². The molecule has 0 aromatic heterocycles. The third kappa shape index (κ3) is 2.56. The highest BCUT2D eigenvalue weighted by molar-refractivity contribution is 6.31. The number of nitrogens with zero attached hydrogens (tertiary/aromatic N) is 1. The second-order valence-electron chi connectivity index (χ2n) is 5.06. The number of anilines is 1. The molecule has 1 aliphatic carbocycles. The van der Waals surface area contributed by atoms with E-state index in [0.29, 0.717) is 6.54 Å². The third-order valence-corrected chi connectivity index (χ3v) is 3.79. The largest absolute Gasteiger partial charge is 0.379 e. The maximum absolute atomic E-state index is 13.3. The lowest BCUT2D eigenvalue weighted by Crippen LogP contribution is -2.33. The summed E-state index contributed by atoms with van der Waals surface area (Å²) in [6.07, 6.45) is 3.35. The van der Waals surface area contributed by atoms with Gasteiger partial charge in [0.2, 0.25) is 0 Å². The van der Waals surface area contributed by atoms with Gasteiger partial charge in [-0.2, -0.15) is 0 Å². The van der Waals surface area contributed by atoms with Crippen LogP contribution < -0.4 is 5.32 Å². The van der Waals surface area contributed by atoms with E-state index in [9.17, 15) is 14.5 Å². The fourth-order valence-electron chi connectivity index (χ4n) is 2.09. The average molecular weight is 273 g/mol. The smallest absolute Gasteiger partial charge is 0.294 e. The Labute approximate surface area is 109 Å². The molecule has 0 heterocycles. The first-order valence-electron chi connectivity index (χ1n) is 5.79. The van der Waals surface area contributed by atoms with Crippen molar-refractivity contribution in [3.05, 3.63) is 33.1 Å². The number of nitrogens with one attached hydrogen (secondary N) is 1. The number of benzene rings is 1. The highest BCUT2D eigenvalue weighted by Crippen LogP contribution is 2.41. The summed E-state index contributed by atoms with van der Waals surface area (Å²) in [4.78, 5) is 10.3. The minimum absolute atomic E-state index is 0.157. The van der Waals surface area contributed by atoms with Crippen LogP contribution in [0.15, 0.2) is 12.1 Å². The van der Waals surface area contributed by atoms with E-state index in [0.717, 1.165) is 25.0 Å². The van der Waals surface area contributed by atoms with E-state index in [1.165, 1.54) is 6.42 Å². The standard InChI is InChI=1S/C12H14ClFN2O2/c1-12(3-2-4-12)7-15-10-6-9(14)8(13)5-11(10)16(17)18/h5-6,15H,2-4,7H2,1H3. The lowest BCUT2D eigenvalue weighted by Gasteiger charge is -2.38. The van der Waals surface area contributed by atoms with Crippen LogP contribution in [0.4, 0.5) is 15.8 Å². The van der Waals surface area contributed by atoms with Crippen LogP contribution in [-0.2, 0) is 0 Å². The highest BCUT2D eigenvalue weighted by Gasteiger charge is 2.32. The number of hydrogen-bond donors (Lipinski definition) is 1. The van der Waals surface area contributed by atoms with Gasteiger partial charge in [-0.1, -0.05) is 24.9 Å². The molecule has 0 atom stereocenters. The summed E-state index contributed by atoms with van der Waals surface area (Å²) in [5.41, 5.74) is 0.156. The Bertz CT molecular complexity index is 489. The summed E-state index contributed by atoms with van der Waals surface area (Å²) in [7, 11) is 0. The molecule has 1 aliphatic rings. The molecule has 4 nitrogen and oxygen atoms in total. The van der Waals surface area contributed by atoms with Crippen LogP contribution in [0.2, 0.25) is 5.02 Å². The molecule has 1 fully saturated rings. The molecule has 1 N–H and O–H groups in total. The van der Waals surface area contributed by atoms with Crippen molar-refractivity contribution in [1.82, 2.24) is 0 Å². The molecule has 98 valence electrons. The van der Waals surface area contributed by atoms with E-state index >= 15 is 0 Å². The van der Waals surface area contributed by atoms with Crippen molar-refractivity contribution >= 4 is 23.0 Å². The van der Waals surface area contributed by atoms with Gasteiger partial charge in [0.15, 0.2) is 0 Å². The zero-order chi connectivity index (χ0) is 13.3. The Hall–Kier alpha value is -1.36. The molecule has 0 amide bonds. The van der Waals surface area contributed by atoms with Crippen LogP contribution in [0.25, 0.3) is 0 Å². The van der Waals surface area contributed by atoms with E-state index in [-0.39, 0.29) is 21.8 Å². The molecule has 0 spiro atoms. The van der Waals surface area contributed by atoms with Gasteiger partial charge >= 0.3 is 0 Å². The topological polar surface area (TPSA) is 55.2 Å². The maximum atomic E-state index is 13.3. The molecule has 0 saturated heterocycles. The van der Waals surface area contributed by atoms with Gasteiger partial charge in [0.05, 0.1) is 9.95 Å². The number of hydrogen-bond acceptors (Lipinski definition) is 3. The fraction of sp³-hybridized carbons (Fsp3) is 0.500. The SMILES string of the molecule is CC1(CNc2cc(F)c(Cl)cc2[N+](=O)[O-])CCC1. The van der Waals surface area contributed by atoms with Crippen molar-refractivity contribution in [2.75, 3.05) is 11.9 Å². The zero-order valence-electron chi connectivity index (χ0n) is 10.0. The lowest BCUT2D eigenvalue weighted by molar-refractivity contribution is -0.384. The number of rotatable bonds is 4. The fourth-order valence-corrected chi connectivity index (χ4v) is 2.25. The zero-order valence-corrected chi connectivity index (χ0v) is 10.8. The van der Waals surface area contributed by atoms with Crippen molar-refractivity contribution in [2.24, 2.45) is 5.41 Å². The molecule has 2 rings (SSSR count). The Balaban J connectivity index is 2.20. The van der Waals surface area contributed by atoms with Gasteiger partial charge in [0, 0.05) is 18.7 Å². The van der Waals surface area contributed by atoms with Crippen LogP contribution in [0.1, 0.15) is 26.2 Å². The monoisotopic (exact) mass is 272 g/mol. The Kier molecular flexibility index (Phi) is 3.43. The van der Waals surface area contributed by atoms with Gasteiger partial charge in [-0.3, -0.25) is 10.1 Å². The Morgan fingerprint density at radius 3 is 2.72 bits per heavy atom. The van der Waals surface area contributed by atoms with Gasteiger partial charge < -0.3 is 5.32 Å². The van der Waals surface area contributed by atoms with Crippen molar-refractivity contribution < 1.29 is 9.31 Å². The van der Waals surface area contributed by atoms with Crippen molar-refractivity contribution in [3.63, 3.8) is 0 Å². The van der Waals surface area contributed by atoms with Crippen LogP contribution in [0, 0.1) is 21.3 Å². The van der Waals surface area contributed by atoms with Gasteiger partial charge in [0.1, 0.15) is 11.5 Å². The van der Waals surface area contributed by atoms with E-state index in [2.05, 4.69) is 12.2 Å². The summed E-state index contributed by atoms with van der Waals surface area (Å²) in [6.45, 7) is 2.72. The molecular formula is C12H14ClFN2O2. The van der Waals surface area contributed by atoms with Crippen LogP contribution in [0.3, 0.4) is 0 Å². The van der Waals surface area contributed by atoms with Crippen molar-refractivity contribution in [3.8, 4) is 0 Å². The van der Waals surface area contributed by atoms with E-state index in [1.54, 1.807) is 0 Å². The van der Waals surface area contributed by atoms with E-state index in [4.69, 9.17) is 11.6 Å². The predicted octanol–water partition coefficient (Wildman–Crippen LogP) is 3.99. The quantitative estimate of drug-likeness (QED) is 0.666. The van der Waals surface area contributed by atoms with Gasteiger partial charge in [-0.15, -0.1) is 0 Å². The van der Waals surface area contributed by atoms with Crippen LogP contribution in [-0.4, -0.2) is 11.5 Å². The first-order valence-corrected chi connectivity index (χ1v) is 6.16. The average Bonchev–Trinajstić information content (AvgIpc) is 2.27. The van der Waals surface area contributed by atoms with Crippen LogP contribution in [0.5, 0.6) is 0 Å². The summed E-state index contributed by atoms with van der Waals surface area (Å²) < 4.78 is 13.3. The first-order chi connectivity index (χ1) is 8.41. The lowest BCUT2D eigenvalue weighted by atomic mass is 9.70. The second kappa shape index (κ2) is 4.72. The molecule has 0 bridgehead atoms. The predicted molar refractivity (Wildman–Crippen MR) is 68.5 cm³/mol. The molecule has 6 heteroatoms. The van der Waals surface area contributed by atoms with Gasteiger partial charge in [-0.25, -0.2) is 4.39 Å². The summed E-state index contributed by atoms with van der Waals surface area (Å²) in [5.74, 6) is -0.650. The molecule has 0 unspecified atom stereocenters. The molecule has 1 aromatic carbocycles. The number of halogens is 2. The summed E-state index contributed by atoms with van der Waals surface area (Å²) in [5, 5.41) is 13.6. The van der Waals surface area contributed by atoms with E-state index < -0.39 is 10.7 Å². The molecule has 1 aromatic rings. The van der Waals surface area contributed by atoms with Gasteiger partial charge in [0.25, 0.3) is 5.69 Å². The molecular weight excluding hydrogens is 259 g/mol. The Morgan fingerprint density at radius 2 is 2.22 bits per heavy atom. The van der Waals surface area contributed by atoms with E-state index in [1.807, 2.05) is 0 Å². The summed E-state index contributed by atoms with van der Waals surface area (Å²) >= 11 is 5.55. The third-order valence-electron chi connectivity index (χ3n) is 3.50. The van der Waals surface area contributed by atoms with Crippen molar-refractivity contribution in [2.45, 2.75) is 26.2 Å². The molecule has 18 heavy (non-hydrogen) atoms. The normalized spacial score (nSPS) is 17.1. The molecule has 1 saturated carbocycles. The van der Waals surface area contributed by atoms with Crippen LogP contribution >= 0.6 is 11.6 Å². The maximum Gasteiger partial charge on any atom is 0.294 e. The molecule has 0 radical (unpaired) electrons. The molecule has 0 aliphatic heterocycles. The number of nitro benzene ring substituents is 1. The minimum atomic E-state index is -0.650. The minimum Gasteiger partial charge on any atom is -0.379 e. The Morgan fingerprint density at radius 1 is 1.56 bits per heavy atom. The highest BCUT2D eigenvalue weighted by atomic mass is 35.5. The van der Waals surface area contributed by atoms with Crippen molar-refractivity contribution in [1.29, 1.82) is 0 Å². The first kappa shape index (κ1) is 13.1. The number of nitro groups is 1. The second-order valence-corrected chi connectivity index (χ2v) is 5.47.